The van der Waals surface area contributed by atoms with Gasteiger partial charge in [-0.3, -0.25) is 4.79 Å². The summed E-state index contributed by atoms with van der Waals surface area (Å²) in [5.74, 6) is 1.52. The Morgan fingerprint density at radius 3 is 2.30 bits per heavy atom. The molecule has 2 saturated heterocycles. The number of allylic oxidation sites excluding steroid dienone is 3. The second kappa shape index (κ2) is 13.8. The first kappa shape index (κ1) is 29.7. The van der Waals surface area contributed by atoms with Crippen molar-refractivity contribution in [3.8, 4) is 0 Å². The highest BCUT2D eigenvalue weighted by Crippen LogP contribution is 2.43. The van der Waals surface area contributed by atoms with E-state index in [0.717, 1.165) is 67.3 Å². The maximum Gasteiger partial charge on any atom is 0.314 e. The van der Waals surface area contributed by atoms with E-state index < -0.39 is 0 Å². The summed E-state index contributed by atoms with van der Waals surface area (Å²) in [4.78, 5) is 28.0. The Balaban J connectivity index is 0.000000695. The van der Waals surface area contributed by atoms with Gasteiger partial charge < -0.3 is 20.9 Å². The molecule has 2 fully saturated rings. The molecule has 0 spiro atoms. The monoisotopic (exact) mass is 610 g/mol. The molecule has 1 unspecified atom stereocenters. The molecule has 37 heavy (non-hydrogen) atoms. The number of hydrogen-bond acceptors (Lipinski definition) is 3. The number of likely N-dealkylation sites (tertiary alicyclic amines) is 2. The van der Waals surface area contributed by atoms with E-state index in [1.807, 2.05) is 6.07 Å². The minimum absolute atomic E-state index is 0.266. The number of carbonyl (C=O) groups excluding carboxylic acids is 2. The average molecular weight is 612 g/mol. The summed E-state index contributed by atoms with van der Waals surface area (Å²) in [5.41, 5.74) is 9.54. The van der Waals surface area contributed by atoms with E-state index in [2.05, 4.69) is 46.5 Å². The van der Waals surface area contributed by atoms with Gasteiger partial charge in [0.2, 0.25) is 5.91 Å². The van der Waals surface area contributed by atoms with E-state index in [0.29, 0.717) is 37.3 Å². The van der Waals surface area contributed by atoms with Crippen molar-refractivity contribution in [2.45, 2.75) is 57.8 Å². The van der Waals surface area contributed by atoms with Crippen LogP contribution in [0, 0.1) is 17.2 Å². The lowest BCUT2D eigenvalue weighted by atomic mass is 9.78. The van der Waals surface area contributed by atoms with Gasteiger partial charge in [-0.25, -0.2) is 4.79 Å². The van der Waals surface area contributed by atoms with Gasteiger partial charge in [0.1, 0.15) is 0 Å². The molecule has 0 radical (unpaired) electrons. The summed E-state index contributed by atoms with van der Waals surface area (Å²) < 4.78 is 1.11. The molecule has 202 valence electrons. The molecular weight excluding hydrogens is 575 g/mol. The largest absolute Gasteiger partial charge is 0.351 e. The van der Waals surface area contributed by atoms with Gasteiger partial charge in [0.05, 0.1) is 5.03 Å². The van der Waals surface area contributed by atoms with Crippen molar-refractivity contribution in [1.29, 1.82) is 5.41 Å². The fourth-order valence-electron chi connectivity index (χ4n) is 5.64. The number of nitrogens with zero attached hydrogens (tertiary/aromatic N) is 2. The molecule has 1 atom stereocenters. The number of rotatable bonds is 4. The van der Waals surface area contributed by atoms with Crippen LogP contribution in [-0.2, 0) is 11.2 Å². The van der Waals surface area contributed by atoms with Crippen LogP contribution in [0.4, 0.5) is 4.79 Å². The minimum atomic E-state index is -0.352. The SMILES string of the molecule is C=C(Cl)C=N.CC1=CC(C2CCN(C(=O)CC3CCN(C(N)=O)CC3)CC2)c2c(Br)cc(Cl)cc2CC1. The maximum absolute atomic E-state index is 12.9. The molecule has 4 rings (SSSR count). The van der Waals surface area contributed by atoms with Gasteiger partial charge in [-0.15, -0.1) is 0 Å². The van der Waals surface area contributed by atoms with Crippen LogP contribution >= 0.6 is 39.1 Å². The Morgan fingerprint density at radius 2 is 1.73 bits per heavy atom. The van der Waals surface area contributed by atoms with Crippen molar-refractivity contribution < 1.29 is 9.59 Å². The Bertz CT molecular complexity index is 1040. The third kappa shape index (κ3) is 8.33. The fraction of sp³-hybridized carbons (Fsp3) is 0.536. The van der Waals surface area contributed by atoms with E-state index in [9.17, 15) is 9.59 Å². The lowest BCUT2D eigenvalue weighted by Gasteiger charge is -2.37. The van der Waals surface area contributed by atoms with E-state index >= 15 is 0 Å². The van der Waals surface area contributed by atoms with Gasteiger partial charge in [0.15, 0.2) is 0 Å². The lowest BCUT2D eigenvalue weighted by Crippen LogP contribution is -2.44. The summed E-state index contributed by atoms with van der Waals surface area (Å²) in [6.07, 6.45) is 9.91. The Hall–Kier alpha value is -1.83. The highest BCUT2D eigenvalue weighted by atomic mass is 79.9. The standard InChI is InChI=1S/C25H33BrClN3O2.C3H4ClN/c1-16-2-3-19-14-20(27)15-22(26)24(19)21(12-16)18-6-10-29(11-7-18)23(31)13-17-4-8-30(9-5-17)25(28)32;1-3(4)2-5/h12,14-15,17-18,21H,2-11,13H2,1H3,(H2,28,32);2,5H,1H2. The van der Waals surface area contributed by atoms with Gasteiger partial charge in [-0.05, 0) is 80.5 Å². The second-order valence-corrected chi connectivity index (χ2v) is 12.1. The Labute approximate surface area is 238 Å². The summed E-state index contributed by atoms with van der Waals surface area (Å²) >= 11 is 15.2. The first-order chi connectivity index (χ1) is 17.6. The predicted octanol–water partition coefficient (Wildman–Crippen LogP) is 6.89. The van der Waals surface area contributed by atoms with Gasteiger partial charge in [0.25, 0.3) is 0 Å². The number of fused-ring (bicyclic) bond motifs is 1. The van der Waals surface area contributed by atoms with Gasteiger partial charge in [-0.1, -0.05) is 57.4 Å². The summed E-state index contributed by atoms with van der Waals surface area (Å²) in [7, 11) is 0. The normalized spacial score (nSPS) is 20.6. The first-order valence-electron chi connectivity index (χ1n) is 12.9. The molecule has 1 aliphatic carbocycles. The highest BCUT2D eigenvalue weighted by molar-refractivity contribution is 9.10. The zero-order chi connectivity index (χ0) is 27.1. The number of primary amides is 1. The fourth-order valence-corrected chi connectivity index (χ4v) is 6.77. The number of nitrogens with one attached hydrogen (secondary N) is 1. The highest BCUT2D eigenvalue weighted by Gasteiger charge is 2.33. The molecule has 2 aliphatic heterocycles. The Morgan fingerprint density at radius 1 is 1.14 bits per heavy atom. The van der Waals surface area contributed by atoms with Crippen molar-refractivity contribution in [3.05, 3.63) is 56.0 Å². The number of urea groups is 1. The third-order valence-electron chi connectivity index (χ3n) is 7.71. The number of hydrogen-bond donors (Lipinski definition) is 2. The van der Waals surface area contributed by atoms with Crippen LogP contribution in [0.1, 0.15) is 62.5 Å². The van der Waals surface area contributed by atoms with Gasteiger partial charge >= 0.3 is 6.03 Å². The quantitative estimate of drug-likeness (QED) is 0.287. The number of halogens is 3. The van der Waals surface area contributed by atoms with E-state index in [1.165, 1.54) is 16.7 Å². The predicted molar refractivity (Wildman–Crippen MR) is 156 cm³/mol. The minimum Gasteiger partial charge on any atom is -0.351 e. The summed E-state index contributed by atoms with van der Waals surface area (Å²) in [6.45, 7) is 8.42. The Kier molecular flexibility index (Phi) is 11.1. The molecule has 3 amide bonds. The van der Waals surface area contributed by atoms with E-state index in [-0.39, 0.29) is 17.0 Å². The van der Waals surface area contributed by atoms with Crippen LogP contribution in [-0.4, -0.2) is 54.1 Å². The van der Waals surface area contributed by atoms with Crippen LogP contribution in [0.2, 0.25) is 5.02 Å². The van der Waals surface area contributed by atoms with Crippen molar-refractivity contribution in [2.24, 2.45) is 17.6 Å². The molecule has 0 bridgehead atoms. The smallest absolute Gasteiger partial charge is 0.314 e. The summed E-state index contributed by atoms with van der Waals surface area (Å²) in [5, 5.41) is 7.36. The van der Waals surface area contributed by atoms with Crippen molar-refractivity contribution in [2.75, 3.05) is 26.2 Å². The molecule has 1 aromatic rings. The van der Waals surface area contributed by atoms with E-state index in [4.69, 9.17) is 34.3 Å². The van der Waals surface area contributed by atoms with Crippen LogP contribution < -0.4 is 5.73 Å². The van der Waals surface area contributed by atoms with Gasteiger partial charge in [0, 0.05) is 54.2 Å². The van der Waals surface area contributed by atoms with Crippen LogP contribution in [0.5, 0.6) is 0 Å². The van der Waals surface area contributed by atoms with Gasteiger partial charge in [-0.2, -0.15) is 0 Å². The zero-order valence-corrected chi connectivity index (χ0v) is 24.5. The molecule has 3 aliphatic rings. The van der Waals surface area contributed by atoms with E-state index in [1.54, 1.807) is 4.90 Å². The summed E-state index contributed by atoms with van der Waals surface area (Å²) in [6, 6.07) is 3.79. The number of carbonyl (C=O) groups is 2. The van der Waals surface area contributed by atoms with Crippen molar-refractivity contribution in [3.63, 3.8) is 0 Å². The molecule has 6 nitrogen and oxygen atoms in total. The molecule has 9 heteroatoms. The number of benzene rings is 1. The molecule has 0 saturated carbocycles. The number of amides is 3. The van der Waals surface area contributed by atoms with Crippen LogP contribution in [0.15, 0.2) is 39.9 Å². The lowest BCUT2D eigenvalue weighted by molar-refractivity contribution is -0.134. The first-order valence-corrected chi connectivity index (χ1v) is 14.5. The van der Waals surface area contributed by atoms with Crippen molar-refractivity contribution >= 4 is 57.3 Å². The molecule has 1 aromatic carbocycles. The number of nitrogens with two attached hydrogens (primary N) is 1. The van der Waals surface area contributed by atoms with Crippen LogP contribution in [0.25, 0.3) is 0 Å². The number of piperidine rings is 2. The second-order valence-electron chi connectivity index (χ2n) is 10.3. The topological polar surface area (TPSA) is 90.5 Å². The third-order valence-corrected chi connectivity index (χ3v) is 8.70. The molecule has 2 heterocycles. The molecular formula is C28H37BrCl2N4O2. The molecule has 0 aromatic heterocycles. The maximum atomic E-state index is 12.9. The van der Waals surface area contributed by atoms with Crippen LogP contribution in [0.3, 0.4) is 0 Å². The average Bonchev–Trinajstić information content (AvgIpc) is 3.03. The number of aryl methyl sites for hydroxylation is 1. The van der Waals surface area contributed by atoms with Crippen molar-refractivity contribution in [1.82, 2.24) is 9.80 Å². The molecule has 3 N–H and O–H groups in total. The zero-order valence-electron chi connectivity index (χ0n) is 21.4.